The van der Waals surface area contributed by atoms with Gasteiger partial charge < -0.3 is 14.9 Å². The third-order valence-corrected chi connectivity index (χ3v) is 2.83. The Labute approximate surface area is 114 Å². The molecule has 1 heterocycles. The molecule has 0 amide bonds. The van der Waals surface area contributed by atoms with E-state index in [1.807, 2.05) is 0 Å². The van der Waals surface area contributed by atoms with Crippen molar-refractivity contribution >= 4 is 0 Å². The van der Waals surface area contributed by atoms with E-state index in [0.29, 0.717) is 18.4 Å². The number of furan rings is 1. The zero-order valence-electron chi connectivity index (χ0n) is 10.6. The molecule has 0 aliphatic rings. The summed E-state index contributed by atoms with van der Waals surface area (Å²) in [6.07, 6.45) is -2.17. The van der Waals surface area contributed by atoms with Crippen molar-refractivity contribution in [3.05, 3.63) is 54.0 Å². The lowest BCUT2D eigenvalue weighted by Gasteiger charge is -2.17. The fourth-order valence-corrected chi connectivity index (χ4v) is 1.91. The van der Waals surface area contributed by atoms with Gasteiger partial charge in [-0.1, -0.05) is 18.2 Å². The van der Waals surface area contributed by atoms with Gasteiger partial charge in [0.2, 0.25) is 0 Å². The highest BCUT2D eigenvalue weighted by Gasteiger charge is 2.32. The number of benzene rings is 1. The molecule has 0 aliphatic carbocycles. The molecular weight excluding hydrogens is 271 g/mol. The van der Waals surface area contributed by atoms with Crippen LogP contribution in [0.2, 0.25) is 0 Å². The molecule has 1 aromatic carbocycles. The van der Waals surface area contributed by atoms with Crippen LogP contribution in [-0.2, 0) is 6.42 Å². The second-order valence-electron chi connectivity index (χ2n) is 4.31. The predicted molar refractivity (Wildman–Crippen MR) is 67.1 cm³/mol. The molecule has 0 saturated heterocycles. The van der Waals surface area contributed by atoms with Crippen LogP contribution in [0.5, 0.6) is 5.75 Å². The fraction of sp³-hybridized carbons (Fsp3) is 0.286. The summed E-state index contributed by atoms with van der Waals surface area (Å²) in [7, 11) is 0. The number of aryl methyl sites for hydroxylation is 1. The third kappa shape index (κ3) is 4.03. The number of rotatable bonds is 5. The quantitative estimate of drug-likeness (QED) is 0.908. The molecule has 3 nitrogen and oxygen atoms in total. The van der Waals surface area contributed by atoms with Crippen LogP contribution in [-0.4, -0.2) is 6.36 Å². The first kappa shape index (κ1) is 14.5. The number of para-hydroxylation sites is 1. The van der Waals surface area contributed by atoms with Gasteiger partial charge in [0.25, 0.3) is 0 Å². The van der Waals surface area contributed by atoms with E-state index < -0.39 is 12.4 Å². The molecule has 0 aliphatic heterocycles. The molecule has 0 fully saturated rings. The van der Waals surface area contributed by atoms with Gasteiger partial charge in [0.15, 0.2) is 0 Å². The summed E-state index contributed by atoms with van der Waals surface area (Å²) < 4.78 is 46.1. The molecular formula is C14H14F3NO2. The molecule has 0 saturated carbocycles. The Hall–Kier alpha value is -1.95. The molecule has 2 N–H and O–H groups in total. The van der Waals surface area contributed by atoms with Crippen LogP contribution in [0.15, 0.2) is 47.1 Å². The van der Waals surface area contributed by atoms with Crippen molar-refractivity contribution in [1.82, 2.24) is 0 Å². The zero-order valence-corrected chi connectivity index (χ0v) is 10.6. The van der Waals surface area contributed by atoms with Gasteiger partial charge in [0, 0.05) is 18.0 Å². The average molecular weight is 285 g/mol. The standard InChI is InChI=1S/C14H14F3NO2/c15-14(16,17)20-13-6-2-1-5-11(13)12(18)8-7-10-4-3-9-19-10/h1-6,9,12H,7-8,18H2. The van der Waals surface area contributed by atoms with Gasteiger partial charge in [-0.2, -0.15) is 0 Å². The van der Waals surface area contributed by atoms with Gasteiger partial charge in [0.05, 0.1) is 6.26 Å². The highest BCUT2D eigenvalue weighted by atomic mass is 19.4. The Morgan fingerprint density at radius 2 is 1.90 bits per heavy atom. The van der Waals surface area contributed by atoms with Crippen LogP contribution >= 0.6 is 0 Å². The highest BCUT2D eigenvalue weighted by Crippen LogP contribution is 2.31. The molecule has 108 valence electrons. The Morgan fingerprint density at radius 3 is 2.55 bits per heavy atom. The lowest BCUT2D eigenvalue weighted by molar-refractivity contribution is -0.275. The summed E-state index contributed by atoms with van der Waals surface area (Å²) in [5, 5.41) is 0. The lowest BCUT2D eigenvalue weighted by atomic mass is 10.0. The van der Waals surface area contributed by atoms with E-state index in [9.17, 15) is 13.2 Å². The van der Waals surface area contributed by atoms with Gasteiger partial charge in [-0.15, -0.1) is 13.2 Å². The maximum Gasteiger partial charge on any atom is 0.573 e. The molecule has 20 heavy (non-hydrogen) atoms. The lowest BCUT2D eigenvalue weighted by Crippen LogP contribution is -2.20. The van der Waals surface area contributed by atoms with E-state index >= 15 is 0 Å². The fourth-order valence-electron chi connectivity index (χ4n) is 1.91. The Kier molecular flexibility index (Phi) is 4.34. The van der Waals surface area contributed by atoms with Crippen molar-refractivity contribution in [3.8, 4) is 5.75 Å². The summed E-state index contributed by atoms with van der Waals surface area (Å²) in [5.41, 5.74) is 6.27. The molecule has 2 rings (SSSR count). The van der Waals surface area contributed by atoms with Gasteiger partial charge >= 0.3 is 6.36 Å². The minimum absolute atomic E-state index is 0.257. The number of nitrogens with two attached hydrogens (primary N) is 1. The summed E-state index contributed by atoms with van der Waals surface area (Å²) in [5.74, 6) is 0.488. The first-order valence-corrected chi connectivity index (χ1v) is 6.08. The highest BCUT2D eigenvalue weighted by molar-refractivity contribution is 5.36. The van der Waals surface area contributed by atoms with Crippen LogP contribution in [0, 0.1) is 0 Å². The number of hydrogen-bond donors (Lipinski definition) is 1. The third-order valence-electron chi connectivity index (χ3n) is 2.83. The van der Waals surface area contributed by atoms with Crippen molar-refractivity contribution in [2.75, 3.05) is 0 Å². The molecule has 0 spiro atoms. The monoisotopic (exact) mass is 285 g/mol. The summed E-state index contributed by atoms with van der Waals surface area (Å²) >= 11 is 0. The largest absolute Gasteiger partial charge is 0.573 e. The topological polar surface area (TPSA) is 48.4 Å². The van der Waals surface area contributed by atoms with Crippen LogP contribution < -0.4 is 10.5 Å². The molecule has 0 radical (unpaired) electrons. The molecule has 0 bridgehead atoms. The first-order chi connectivity index (χ1) is 9.46. The molecule has 1 aromatic heterocycles. The van der Waals surface area contributed by atoms with Gasteiger partial charge in [-0.3, -0.25) is 0 Å². The van der Waals surface area contributed by atoms with Crippen molar-refractivity contribution in [2.24, 2.45) is 5.73 Å². The maximum atomic E-state index is 12.3. The molecule has 2 aromatic rings. The zero-order chi connectivity index (χ0) is 14.6. The minimum Gasteiger partial charge on any atom is -0.469 e. The summed E-state index contributed by atoms with van der Waals surface area (Å²) in [4.78, 5) is 0. The van der Waals surface area contributed by atoms with E-state index in [-0.39, 0.29) is 5.75 Å². The number of hydrogen-bond acceptors (Lipinski definition) is 3. The SMILES string of the molecule is NC(CCc1ccco1)c1ccccc1OC(F)(F)F. The Bertz CT molecular complexity index is 538. The second kappa shape index (κ2) is 6.00. The normalized spacial score (nSPS) is 13.2. The predicted octanol–water partition coefficient (Wildman–Crippen LogP) is 3.81. The van der Waals surface area contributed by atoms with E-state index in [1.165, 1.54) is 18.2 Å². The molecule has 6 heteroatoms. The minimum atomic E-state index is -4.73. The summed E-state index contributed by atoms with van der Waals surface area (Å²) in [6, 6.07) is 8.89. The van der Waals surface area contributed by atoms with E-state index in [0.717, 1.165) is 5.76 Å². The van der Waals surface area contributed by atoms with E-state index in [4.69, 9.17) is 10.2 Å². The van der Waals surface area contributed by atoms with Crippen molar-refractivity contribution < 1.29 is 22.3 Å². The van der Waals surface area contributed by atoms with Gasteiger partial charge in [-0.25, -0.2) is 0 Å². The Morgan fingerprint density at radius 1 is 1.15 bits per heavy atom. The Balaban J connectivity index is 2.07. The summed E-state index contributed by atoms with van der Waals surface area (Å²) in [6.45, 7) is 0. The van der Waals surface area contributed by atoms with Crippen LogP contribution in [0.4, 0.5) is 13.2 Å². The van der Waals surface area contributed by atoms with Gasteiger partial charge in [-0.05, 0) is 24.6 Å². The van der Waals surface area contributed by atoms with E-state index in [2.05, 4.69) is 4.74 Å². The number of ether oxygens (including phenoxy) is 1. The van der Waals surface area contributed by atoms with Crippen LogP contribution in [0.3, 0.4) is 0 Å². The maximum absolute atomic E-state index is 12.3. The van der Waals surface area contributed by atoms with E-state index in [1.54, 1.807) is 24.5 Å². The number of alkyl halides is 3. The van der Waals surface area contributed by atoms with Crippen molar-refractivity contribution in [1.29, 1.82) is 0 Å². The van der Waals surface area contributed by atoms with Crippen molar-refractivity contribution in [2.45, 2.75) is 25.2 Å². The van der Waals surface area contributed by atoms with Gasteiger partial charge in [0.1, 0.15) is 11.5 Å². The van der Waals surface area contributed by atoms with Crippen molar-refractivity contribution in [3.63, 3.8) is 0 Å². The second-order valence-corrected chi connectivity index (χ2v) is 4.31. The first-order valence-electron chi connectivity index (χ1n) is 6.08. The number of halogens is 3. The van der Waals surface area contributed by atoms with Crippen LogP contribution in [0.1, 0.15) is 23.8 Å². The average Bonchev–Trinajstić information content (AvgIpc) is 2.88. The smallest absolute Gasteiger partial charge is 0.469 e. The van der Waals surface area contributed by atoms with Crippen LogP contribution in [0.25, 0.3) is 0 Å². The molecule has 1 atom stereocenters. The molecule has 1 unspecified atom stereocenters.